The van der Waals surface area contributed by atoms with Crippen LogP contribution in [0.15, 0.2) is 59.4 Å². The predicted octanol–water partition coefficient (Wildman–Crippen LogP) is 3.46. The van der Waals surface area contributed by atoms with Crippen LogP contribution in [0.2, 0.25) is 5.02 Å². The molecule has 0 aliphatic rings. The summed E-state index contributed by atoms with van der Waals surface area (Å²) in [6.45, 7) is 1.85. The number of aromatic nitrogens is 2. The zero-order valence-corrected chi connectivity index (χ0v) is 14.9. The van der Waals surface area contributed by atoms with Crippen LogP contribution in [0.25, 0.3) is 5.69 Å². The Bertz CT molecular complexity index is 1020. The van der Waals surface area contributed by atoms with E-state index in [2.05, 4.69) is 10.4 Å². The predicted molar refractivity (Wildman–Crippen MR) is 101 cm³/mol. The minimum absolute atomic E-state index is 0.00433. The number of hydrogen-bond acceptors (Lipinski definition) is 4. The number of para-hydroxylation sites is 1. The van der Waals surface area contributed by atoms with Gasteiger partial charge in [-0.1, -0.05) is 35.9 Å². The Morgan fingerprint density at radius 2 is 1.88 bits per heavy atom. The third-order valence-corrected chi connectivity index (χ3v) is 4.02. The zero-order valence-electron chi connectivity index (χ0n) is 14.2. The molecule has 3 rings (SSSR count). The topological polar surface area (TPSA) is 73.2 Å². The molecule has 0 fully saturated rings. The van der Waals surface area contributed by atoms with Gasteiger partial charge in [0.1, 0.15) is 0 Å². The van der Waals surface area contributed by atoms with Crippen LogP contribution in [0.1, 0.15) is 16.1 Å². The maximum Gasteiger partial charge on any atom is 0.280 e. The molecule has 0 atom stereocenters. The summed E-state index contributed by atoms with van der Waals surface area (Å²) < 4.78 is 6.32. The maximum absolute atomic E-state index is 12.7. The lowest BCUT2D eigenvalue weighted by Gasteiger charge is -2.12. The summed E-state index contributed by atoms with van der Waals surface area (Å²) >= 11 is 5.99. The summed E-state index contributed by atoms with van der Waals surface area (Å²) in [6.07, 6.45) is 0. The van der Waals surface area contributed by atoms with Crippen LogP contribution in [0, 0.1) is 6.92 Å². The fourth-order valence-corrected chi connectivity index (χ4v) is 2.59. The number of ether oxygens (including phenoxy) is 1. The Kier molecular flexibility index (Phi) is 5.04. The molecular formula is C19H16ClN3O3. The van der Waals surface area contributed by atoms with Crippen LogP contribution in [-0.2, 0) is 0 Å². The van der Waals surface area contributed by atoms with Gasteiger partial charge >= 0.3 is 0 Å². The Labute approximate surface area is 155 Å². The summed E-state index contributed by atoms with van der Waals surface area (Å²) in [5, 5.41) is 7.45. The summed E-state index contributed by atoms with van der Waals surface area (Å²) in [4.78, 5) is 25.0. The van der Waals surface area contributed by atoms with E-state index >= 15 is 0 Å². The van der Waals surface area contributed by atoms with E-state index in [0.29, 0.717) is 16.4 Å². The first-order valence-electron chi connectivity index (χ1n) is 7.81. The first-order chi connectivity index (χ1) is 12.5. The largest absolute Gasteiger partial charge is 0.494 e. The van der Waals surface area contributed by atoms with Gasteiger partial charge in [0.05, 0.1) is 18.9 Å². The molecule has 1 N–H and O–H groups in total. The first-order valence-corrected chi connectivity index (χ1v) is 8.18. The fraction of sp³-hybridized carbons (Fsp3) is 0.105. The number of hydrogen-bond donors (Lipinski definition) is 1. The number of benzene rings is 2. The number of nitrogens with one attached hydrogen (secondary N) is 1. The van der Waals surface area contributed by atoms with Crippen LogP contribution >= 0.6 is 11.6 Å². The second-order valence-corrected chi connectivity index (χ2v) is 6.00. The molecule has 132 valence electrons. The van der Waals surface area contributed by atoms with Crippen LogP contribution in [0.5, 0.6) is 5.75 Å². The number of carbonyl (C=O) groups excluding carboxylic acids is 1. The van der Waals surface area contributed by atoms with Crippen molar-refractivity contribution in [2.75, 3.05) is 12.4 Å². The lowest BCUT2D eigenvalue weighted by molar-refractivity contribution is 0.101. The van der Waals surface area contributed by atoms with Crippen molar-refractivity contribution in [1.82, 2.24) is 9.78 Å². The van der Waals surface area contributed by atoms with Crippen molar-refractivity contribution in [3.05, 3.63) is 81.2 Å². The van der Waals surface area contributed by atoms with Gasteiger partial charge < -0.3 is 10.1 Å². The average molecular weight is 370 g/mol. The van der Waals surface area contributed by atoms with E-state index in [1.54, 1.807) is 42.5 Å². The molecule has 0 saturated heterocycles. The van der Waals surface area contributed by atoms with E-state index in [1.165, 1.54) is 13.2 Å². The van der Waals surface area contributed by atoms with Crippen LogP contribution < -0.4 is 15.6 Å². The van der Waals surface area contributed by atoms with E-state index in [9.17, 15) is 9.59 Å². The van der Waals surface area contributed by atoms with Gasteiger partial charge in [-0.25, -0.2) is 0 Å². The number of methoxy groups -OCH3 is 1. The zero-order chi connectivity index (χ0) is 18.7. The van der Waals surface area contributed by atoms with Gasteiger partial charge in [0.2, 0.25) is 0 Å². The van der Waals surface area contributed by atoms with Gasteiger partial charge in [0.15, 0.2) is 11.4 Å². The molecule has 0 aliphatic heterocycles. The van der Waals surface area contributed by atoms with E-state index in [0.717, 1.165) is 10.2 Å². The number of amides is 1. The van der Waals surface area contributed by atoms with Crippen LogP contribution in [0.4, 0.5) is 5.69 Å². The number of anilines is 1. The lowest BCUT2D eigenvalue weighted by Crippen LogP contribution is -2.26. The van der Waals surface area contributed by atoms with Gasteiger partial charge in [0, 0.05) is 10.7 Å². The molecule has 7 heteroatoms. The molecule has 3 aromatic rings. The SMILES string of the molecule is COc1cc(=O)n(-c2ccccc2)nc1C(=O)Nc1cc(Cl)ccc1C. The molecule has 0 unspecified atom stereocenters. The Morgan fingerprint density at radius 1 is 1.15 bits per heavy atom. The third-order valence-electron chi connectivity index (χ3n) is 3.78. The molecule has 2 aromatic carbocycles. The van der Waals surface area contributed by atoms with Gasteiger partial charge in [-0.15, -0.1) is 0 Å². The molecule has 1 heterocycles. The van der Waals surface area contributed by atoms with Gasteiger partial charge in [-0.3, -0.25) is 9.59 Å². The molecule has 0 radical (unpaired) electrons. The van der Waals surface area contributed by atoms with Crippen LogP contribution in [0.3, 0.4) is 0 Å². The number of rotatable bonds is 4. The quantitative estimate of drug-likeness (QED) is 0.764. The Morgan fingerprint density at radius 3 is 2.58 bits per heavy atom. The van der Waals surface area contributed by atoms with E-state index in [4.69, 9.17) is 16.3 Å². The smallest absolute Gasteiger partial charge is 0.280 e. The maximum atomic E-state index is 12.7. The van der Waals surface area contributed by atoms with E-state index in [-0.39, 0.29) is 11.4 Å². The molecular weight excluding hydrogens is 354 g/mol. The molecule has 26 heavy (non-hydrogen) atoms. The van der Waals surface area contributed by atoms with Gasteiger partial charge in [-0.05, 0) is 36.8 Å². The first kappa shape index (κ1) is 17.7. The van der Waals surface area contributed by atoms with Crippen molar-refractivity contribution < 1.29 is 9.53 Å². The van der Waals surface area contributed by atoms with E-state index < -0.39 is 11.5 Å². The molecule has 1 aromatic heterocycles. The minimum atomic E-state index is -0.503. The highest BCUT2D eigenvalue weighted by molar-refractivity contribution is 6.31. The second kappa shape index (κ2) is 7.41. The van der Waals surface area contributed by atoms with Crippen LogP contribution in [-0.4, -0.2) is 22.8 Å². The van der Waals surface area contributed by atoms with Crippen molar-refractivity contribution >= 4 is 23.2 Å². The number of nitrogens with zero attached hydrogens (tertiary/aromatic N) is 2. The normalized spacial score (nSPS) is 10.4. The average Bonchev–Trinajstić information content (AvgIpc) is 2.65. The summed E-state index contributed by atoms with van der Waals surface area (Å²) in [6, 6.07) is 15.3. The highest BCUT2D eigenvalue weighted by atomic mass is 35.5. The summed E-state index contributed by atoms with van der Waals surface area (Å²) in [7, 11) is 1.38. The highest BCUT2D eigenvalue weighted by Gasteiger charge is 2.19. The number of aryl methyl sites for hydroxylation is 1. The third kappa shape index (κ3) is 3.60. The molecule has 6 nitrogen and oxygen atoms in total. The van der Waals surface area contributed by atoms with E-state index in [1.807, 2.05) is 13.0 Å². The summed E-state index contributed by atoms with van der Waals surface area (Å²) in [5.41, 5.74) is 1.55. The van der Waals surface area contributed by atoms with Crippen molar-refractivity contribution in [3.63, 3.8) is 0 Å². The highest BCUT2D eigenvalue weighted by Crippen LogP contribution is 2.22. The van der Waals surface area contributed by atoms with Gasteiger partial charge in [0.25, 0.3) is 11.5 Å². The minimum Gasteiger partial charge on any atom is -0.494 e. The molecule has 0 spiro atoms. The number of carbonyl (C=O) groups is 1. The molecule has 1 amide bonds. The Balaban J connectivity index is 2.04. The lowest BCUT2D eigenvalue weighted by atomic mass is 10.2. The van der Waals surface area contributed by atoms with Crippen molar-refractivity contribution in [2.45, 2.75) is 6.92 Å². The molecule has 0 bridgehead atoms. The molecule has 0 saturated carbocycles. The van der Waals surface area contributed by atoms with Crippen molar-refractivity contribution in [1.29, 1.82) is 0 Å². The molecule has 0 aliphatic carbocycles. The summed E-state index contributed by atoms with van der Waals surface area (Å²) in [5.74, 6) is -0.406. The van der Waals surface area contributed by atoms with Crippen molar-refractivity contribution in [3.8, 4) is 11.4 Å². The van der Waals surface area contributed by atoms with Crippen molar-refractivity contribution in [2.24, 2.45) is 0 Å². The standard InChI is InChI=1S/C19H16ClN3O3/c1-12-8-9-13(20)10-15(12)21-19(25)18-16(26-2)11-17(24)23(22-18)14-6-4-3-5-7-14/h3-11H,1-2H3,(H,21,25). The number of halogens is 1. The van der Waals surface area contributed by atoms with Gasteiger partial charge in [-0.2, -0.15) is 9.78 Å². The monoisotopic (exact) mass is 369 g/mol. The Hall–Kier alpha value is -3.12. The fourth-order valence-electron chi connectivity index (χ4n) is 2.42. The second-order valence-electron chi connectivity index (χ2n) is 5.56.